The van der Waals surface area contributed by atoms with Crippen molar-refractivity contribution < 1.29 is 9.13 Å². The third-order valence-electron chi connectivity index (χ3n) is 4.78. The lowest BCUT2D eigenvalue weighted by atomic mass is 10.2. The lowest BCUT2D eigenvalue weighted by Gasteiger charge is -2.19. The highest BCUT2D eigenvalue weighted by molar-refractivity contribution is 5.62. The first-order valence-corrected chi connectivity index (χ1v) is 9.60. The molecule has 1 atom stereocenters. The Hall–Kier alpha value is -2.47. The van der Waals surface area contributed by atoms with Gasteiger partial charge >= 0.3 is 0 Å². The van der Waals surface area contributed by atoms with Gasteiger partial charge < -0.3 is 9.64 Å². The molecule has 0 saturated carbocycles. The van der Waals surface area contributed by atoms with Crippen LogP contribution in [0, 0.1) is 5.82 Å². The van der Waals surface area contributed by atoms with Gasteiger partial charge in [0.15, 0.2) is 5.65 Å². The van der Waals surface area contributed by atoms with Crippen molar-refractivity contribution in [1.29, 1.82) is 0 Å². The zero-order valence-electron chi connectivity index (χ0n) is 16.2. The monoisotopic (exact) mass is 370 g/mol. The number of fused-ring (bicyclic) bond motifs is 1. The minimum atomic E-state index is -0.261. The van der Waals surface area contributed by atoms with Gasteiger partial charge in [-0.2, -0.15) is 0 Å². The molecule has 0 spiro atoms. The summed E-state index contributed by atoms with van der Waals surface area (Å²) >= 11 is 0. The second-order valence-corrected chi connectivity index (χ2v) is 6.69. The fourth-order valence-electron chi connectivity index (χ4n) is 3.14. The van der Waals surface area contributed by atoms with Crippen LogP contribution in [0.25, 0.3) is 16.9 Å². The molecule has 0 fully saturated rings. The maximum atomic E-state index is 13.2. The molecule has 3 rings (SSSR count). The smallest absolute Gasteiger partial charge is 0.232 e. The van der Waals surface area contributed by atoms with Crippen LogP contribution in [-0.2, 0) is 0 Å². The summed E-state index contributed by atoms with van der Waals surface area (Å²) in [6, 6.07) is 10.1. The summed E-state index contributed by atoms with van der Waals surface area (Å²) in [6.07, 6.45) is 3.90. The fraction of sp³-hybridized carbons (Fsp3) is 0.429. The lowest BCUT2D eigenvalue weighted by Crippen LogP contribution is -2.25. The van der Waals surface area contributed by atoms with Gasteiger partial charge in [-0.15, -0.1) is 5.10 Å². The predicted octanol–water partition coefficient (Wildman–Crippen LogP) is 4.42. The Bertz CT molecular complexity index is 858. The number of nitrogens with zero attached hydrogens (tertiary/aromatic N) is 4. The fourth-order valence-corrected chi connectivity index (χ4v) is 3.14. The lowest BCUT2D eigenvalue weighted by molar-refractivity contribution is 0.186. The zero-order chi connectivity index (χ0) is 19.2. The maximum Gasteiger partial charge on any atom is 0.232 e. The second-order valence-electron chi connectivity index (χ2n) is 6.69. The topological polar surface area (TPSA) is 42.7 Å². The Labute approximate surface area is 159 Å². The second kappa shape index (κ2) is 8.95. The van der Waals surface area contributed by atoms with Gasteiger partial charge in [-0.25, -0.2) is 13.9 Å². The summed E-state index contributed by atoms with van der Waals surface area (Å²) in [5.74, 6) is 0.308. The van der Waals surface area contributed by atoms with Gasteiger partial charge in [-0.05, 0) is 69.7 Å². The quantitative estimate of drug-likeness (QED) is 0.559. The van der Waals surface area contributed by atoms with Crippen LogP contribution in [0.15, 0.2) is 42.6 Å². The molecule has 2 aromatic heterocycles. The van der Waals surface area contributed by atoms with E-state index < -0.39 is 0 Å². The van der Waals surface area contributed by atoms with E-state index in [9.17, 15) is 4.39 Å². The highest BCUT2D eigenvalue weighted by Crippen LogP contribution is 2.22. The third kappa shape index (κ3) is 4.83. The number of hydrogen-bond donors (Lipinski definition) is 0. The molecular weight excluding hydrogens is 343 g/mol. The van der Waals surface area contributed by atoms with Crippen molar-refractivity contribution in [2.24, 2.45) is 0 Å². The molecule has 0 N–H and O–H groups in total. The van der Waals surface area contributed by atoms with Gasteiger partial charge in [0.05, 0.1) is 18.0 Å². The first-order valence-electron chi connectivity index (χ1n) is 9.60. The number of imidazole rings is 1. The molecule has 2 heterocycles. The molecule has 0 bridgehead atoms. The molecule has 0 saturated heterocycles. The highest BCUT2D eigenvalue weighted by atomic mass is 19.1. The SMILES string of the molecule is CCN(CC)CCCC(C)Oc1ccc2ncc(-c3ccc(F)cc3)n2n1. The van der Waals surface area contributed by atoms with E-state index in [4.69, 9.17) is 4.74 Å². The van der Waals surface area contributed by atoms with Gasteiger partial charge in [0.2, 0.25) is 5.88 Å². The van der Waals surface area contributed by atoms with E-state index in [1.807, 2.05) is 12.1 Å². The molecule has 5 nitrogen and oxygen atoms in total. The molecule has 1 unspecified atom stereocenters. The summed E-state index contributed by atoms with van der Waals surface area (Å²) in [5, 5.41) is 4.58. The van der Waals surface area contributed by atoms with E-state index in [-0.39, 0.29) is 11.9 Å². The summed E-state index contributed by atoms with van der Waals surface area (Å²) in [5.41, 5.74) is 2.40. The van der Waals surface area contributed by atoms with E-state index in [1.165, 1.54) is 12.1 Å². The summed E-state index contributed by atoms with van der Waals surface area (Å²) in [4.78, 5) is 6.79. The minimum Gasteiger partial charge on any atom is -0.474 e. The normalized spacial score (nSPS) is 12.6. The Kier molecular flexibility index (Phi) is 6.40. The minimum absolute atomic E-state index is 0.0864. The van der Waals surface area contributed by atoms with E-state index >= 15 is 0 Å². The number of hydrogen-bond acceptors (Lipinski definition) is 4. The molecule has 0 aliphatic heterocycles. The van der Waals surface area contributed by atoms with Crippen molar-refractivity contribution in [2.45, 2.75) is 39.7 Å². The van der Waals surface area contributed by atoms with Crippen LogP contribution in [0.1, 0.15) is 33.6 Å². The number of halogens is 1. The van der Waals surface area contributed by atoms with Gasteiger partial charge in [-0.3, -0.25) is 0 Å². The van der Waals surface area contributed by atoms with Gasteiger partial charge in [0.25, 0.3) is 0 Å². The van der Waals surface area contributed by atoms with E-state index in [0.29, 0.717) is 5.88 Å². The van der Waals surface area contributed by atoms with Crippen LogP contribution < -0.4 is 4.74 Å². The first kappa shape index (κ1) is 19.3. The van der Waals surface area contributed by atoms with Crippen LogP contribution in [0.5, 0.6) is 5.88 Å². The summed E-state index contributed by atoms with van der Waals surface area (Å²) < 4.78 is 20.9. The van der Waals surface area contributed by atoms with Crippen LogP contribution >= 0.6 is 0 Å². The largest absolute Gasteiger partial charge is 0.474 e. The van der Waals surface area contributed by atoms with Crippen LogP contribution in [0.3, 0.4) is 0 Å². The molecule has 3 aromatic rings. The summed E-state index contributed by atoms with van der Waals surface area (Å²) in [6.45, 7) is 9.69. The van der Waals surface area contributed by atoms with Crippen LogP contribution in [-0.4, -0.2) is 45.2 Å². The van der Waals surface area contributed by atoms with E-state index in [1.54, 1.807) is 22.8 Å². The molecule has 27 heavy (non-hydrogen) atoms. The maximum absolute atomic E-state index is 13.2. The van der Waals surface area contributed by atoms with Crippen molar-refractivity contribution in [3.63, 3.8) is 0 Å². The Morgan fingerprint density at radius 2 is 1.85 bits per heavy atom. The molecular formula is C21H27FN4O. The average Bonchev–Trinajstić information content (AvgIpc) is 3.09. The van der Waals surface area contributed by atoms with E-state index in [0.717, 1.165) is 49.4 Å². The average molecular weight is 370 g/mol. The Morgan fingerprint density at radius 1 is 1.11 bits per heavy atom. The van der Waals surface area contributed by atoms with Crippen LogP contribution in [0.4, 0.5) is 4.39 Å². The number of rotatable bonds is 9. The molecule has 6 heteroatoms. The predicted molar refractivity (Wildman–Crippen MR) is 105 cm³/mol. The standard InChI is InChI=1S/C21H27FN4O/c1-4-25(5-2)14-6-7-16(3)27-21-13-12-20-23-15-19(26(20)24-21)17-8-10-18(22)11-9-17/h8-13,15-16H,4-7,14H2,1-3H3. The highest BCUT2D eigenvalue weighted by Gasteiger charge is 2.11. The molecule has 0 radical (unpaired) electrons. The Morgan fingerprint density at radius 3 is 2.56 bits per heavy atom. The van der Waals surface area contributed by atoms with Crippen molar-refractivity contribution in [3.8, 4) is 17.1 Å². The molecule has 0 amide bonds. The molecule has 1 aromatic carbocycles. The summed E-state index contributed by atoms with van der Waals surface area (Å²) in [7, 11) is 0. The van der Waals surface area contributed by atoms with Crippen molar-refractivity contribution in [2.75, 3.05) is 19.6 Å². The van der Waals surface area contributed by atoms with Gasteiger partial charge in [-0.1, -0.05) is 13.8 Å². The molecule has 0 aliphatic rings. The first-order chi connectivity index (χ1) is 13.1. The number of aromatic nitrogens is 3. The van der Waals surface area contributed by atoms with Crippen molar-refractivity contribution in [1.82, 2.24) is 19.5 Å². The van der Waals surface area contributed by atoms with Crippen molar-refractivity contribution >= 4 is 5.65 Å². The van der Waals surface area contributed by atoms with E-state index in [2.05, 4.69) is 35.8 Å². The number of ether oxygens (including phenoxy) is 1. The van der Waals surface area contributed by atoms with Crippen molar-refractivity contribution in [3.05, 3.63) is 48.4 Å². The molecule has 0 aliphatic carbocycles. The number of benzene rings is 1. The Balaban J connectivity index is 1.69. The molecule has 144 valence electrons. The van der Waals surface area contributed by atoms with Gasteiger partial charge in [0.1, 0.15) is 5.82 Å². The third-order valence-corrected chi connectivity index (χ3v) is 4.78. The van der Waals surface area contributed by atoms with Gasteiger partial charge in [0, 0.05) is 11.6 Å². The van der Waals surface area contributed by atoms with Crippen LogP contribution in [0.2, 0.25) is 0 Å². The zero-order valence-corrected chi connectivity index (χ0v) is 16.2.